The summed E-state index contributed by atoms with van der Waals surface area (Å²) in [5.74, 6) is -0.823. The first-order chi connectivity index (χ1) is 31.3. The van der Waals surface area contributed by atoms with Crippen LogP contribution in [-0.2, 0) is 25.7 Å². The minimum absolute atomic E-state index is 0.0214. The van der Waals surface area contributed by atoms with Crippen LogP contribution in [-0.4, -0.2) is 151 Å². The summed E-state index contributed by atoms with van der Waals surface area (Å²) in [7, 11) is 5.03. The molecular weight excluding hydrogens is 844 g/mol. The Balaban J connectivity index is 0.995. The molecule has 6 aliphatic heterocycles. The van der Waals surface area contributed by atoms with Gasteiger partial charge in [-0.1, -0.05) is 6.07 Å². The van der Waals surface area contributed by atoms with Gasteiger partial charge in [-0.25, -0.2) is 27.8 Å². The van der Waals surface area contributed by atoms with Crippen LogP contribution in [0.3, 0.4) is 0 Å². The molecule has 5 fully saturated rings. The fourth-order valence-corrected chi connectivity index (χ4v) is 10.6. The number of imidazole rings is 1. The molecular formula is C45H46F3N13O4. The van der Waals surface area contributed by atoms with E-state index in [9.17, 15) is 18.8 Å². The number of likely N-dealkylation sites (N-methyl/N-ethyl adjacent to an activating group) is 1. The molecule has 0 saturated carbocycles. The first kappa shape index (κ1) is 40.9. The Morgan fingerprint density at radius 1 is 0.862 bits per heavy atom. The summed E-state index contributed by atoms with van der Waals surface area (Å²) in [6, 6.07) is 10.2. The van der Waals surface area contributed by atoms with Crippen molar-refractivity contribution in [3.05, 3.63) is 78.0 Å². The van der Waals surface area contributed by atoms with E-state index in [2.05, 4.69) is 15.3 Å². The van der Waals surface area contributed by atoms with Crippen molar-refractivity contribution in [1.29, 1.82) is 0 Å². The lowest BCUT2D eigenvalue weighted by Crippen LogP contribution is -2.70. The highest BCUT2D eigenvalue weighted by molar-refractivity contribution is 5.95. The number of aromatic nitrogens is 7. The largest absolute Gasteiger partial charge is 0.378 e. The number of nitrogens with one attached hydrogen (secondary N) is 1. The van der Waals surface area contributed by atoms with Gasteiger partial charge in [0.05, 0.1) is 59.0 Å². The molecule has 2 aromatic carbocycles. The van der Waals surface area contributed by atoms with E-state index in [1.165, 1.54) is 29.1 Å². The predicted octanol–water partition coefficient (Wildman–Crippen LogP) is 3.77. The maximum atomic E-state index is 15.5. The fraction of sp³-hybridized carbons (Fsp3) is 0.422. The molecule has 0 radical (unpaired) electrons. The average Bonchev–Trinajstić information content (AvgIpc) is 4.06. The van der Waals surface area contributed by atoms with Gasteiger partial charge in [0.15, 0.2) is 11.5 Å². The predicted molar refractivity (Wildman–Crippen MR) is 233 cm³/mol. The molecule has 4 aromatic heterocycles. The monoisotopic (exact) mass is 889 g/mol. The van der Waals surface area contributed by atoms with E-state index in [-0.39, 0.29) is 66.7 Å². The van der Waals surface area contributed by atoms with Gasteiger partial charge in [0, 0.05) is 84.1 Å². The van der Waals surface area contributed by atoms with Crippen molar-refractivity contribution < 1.29 is 32.3 Å². The molecule has 10 heterocycles. The summed E-state index contributed by atoms with van der Waals surface area (Å²) in [5, 5.41) is 8.56. The summed E-state index contributed by atoms with van der Waals surface area (Å²) >= 11 is 0. The number of halogens is 3. The molecule has 1 N–H and O–H groups in total. The number of carbonyl (C=O) groups is 3. The zero-order chi connectivity index (χ0) is 45.0. The van der Waals surface area contributed by atoms with Gasteiger partial charge in [0.25, 0.3) is 0 Å². The second kappa shape index (κ2) is 15.4. The van der Waals surface area contributed by atoms with E-state index >= 15 is 8.78 Å². The van der Waals surface area contributed by atoms with Gasteiger partial charge >= 0.3 is 0 Å². The van der Waals surface area contributed by atoms with Crippen LogP contribution in [0.4, 0.5) is 30.8 Å². The molecule has 6 atom stereocenters. The number of rotatable bonds is 5. The number of carbonyl (C=O) groups excluding carboxylic acids is 3. The third-order valence-corrected chi connectivity index (χ3v) is 13.8. The van der Waals surface area contributed by atoms with Crippen molar-refractivity contribution in [3.8, 4) is 16.9 Å². The normalized spacial score (nSPS) is 24.4. The number of likely N-dealkylation sites (tertiary alicyclic amines) is 1. The minimum Gasteiger partial charge on any atom is -0.378 e. The third-order valence-electron chi connectivity index (χ3n) is 13.8. The van der Waals surface area contributed by atoms with Gasteiger partial charge in [0.1, 0.15) is 40.8 Å². The lowest BCUT2D eigenvalue weighted by atomic mass is 9.87. The molecule has 0 aliphatic carbocycles. The SMILES string of the molecule is CO[C@H]1CN(C)C(=O)[C@@H]2C[C@@H](CN2c2nc(N3C4CC3CN(C(=O)C3CC(=O)N(C)C3)C4)nc3c2cnn3-c2ccc(F)cc2F)Nc2cccc(n2)-c2cc(F)cc3nc(C)n(c23)C1. The van der Waals surface area contributed by atoms with Crippen LogP contribution in [0.1, 0.15) is 25.1 Å². The molecule has 20 heteroatoms. The Bertz CT molecular complexity index is 2930. The van der Waals surface area contributed by atoms with Gasteiger partial charge < -0.3 is 39.1 Å². The number of benzene rings is 2. The van der Waals surface area contributed by atoms with Gasteiger partial charge in [-0.2, -0.15) is 15.1 Å². The number of piperazine rings is 1. The molecule has 6 bridgehead atoms. The smallest absolute Gasteiger partial charge is 0.245 e. The van der Waals surface area contributed by atoms with Crippen molar-refractivity contribution >= 4 is 57.4 Å². The van der Waals surface area contributed by atoms with Crippen LogP contribution in [0.25, 0.3) is 39.0 Å². The van der Waals surface area contributed by atoms with Crippen LogP contribution < -0.4 is 15.1 Å². The number of piperidine rings is 1. The molecule has 6 aliphatic rings. The number of hydrogen-bond donors (Lipinski definition) is 1. The van der Waals surface area contributed by atoms with Gasteiger partial charge in [-0.3, -0.25) is 14.4 Å². The molecule has 0 spiro atoms. The van der Waals surface area contributed by atoms with Gasteiger partial charge in [-0.15, -0.1) is 0 Å². The van der Waals surface area contributed by atoms with Crippen molar-refractivity contribution in [1.82, 2.24) is 49.0 Å². The summed E-state index contributed by atoms with van der Waals surface area (Å²) < 4.78 is 54.3. The number of methoxy groups -OCH3 is 1. The summed E-state index contributed by atoms with van der Waals surface area (Å²) in [6.45, 7) is 3.86. The highest BCUT2D eigenvalue weighted by atomic mass is 19.1. The maximum absolute atomic E-state index is 15.5. The average molecular weight is 890 g/mol. The fourth-order valence-electron chi connectivity index (χ4n) is 10.6. The minimum atomic E-state index is -0.838. The standard InChI is InChI=1S/C45H46F3N13O4/c1-23-50-35-13-26(47)11-31-34-6-5-7-38(52-34)51-27-14-37(44(64)56(3)21-30(65-4)22-58(23)40(31)35)59(18-27)41-32-16-49-61(36-9-8-25(46)12-33(36)48)42(32)54-45(53-41)60-28-15-29(60)20-57(19-28)43(63)24-10-39(62)55(2)17-24/h5-9,11-13,16,24,27-30,37H,10,14-15,17-22H2,1-4H3,(H,51,52)/t24?,27-,28?,29?,30-,37-/m0/s1. The zero-order valence-corrected chi connectivity index (χ0v) is 36.2. The Morgan fingerprint density at radius 3 is 2.43 bits per heavy atom. The topological polar surface area (TPSA) is 163 Å². The van der Waals surface area contributed by atoms with Gasteiger partial charge in [0.2, 0.25) is 23.7 Å². The first-order valence-corrected chi connectivity index (χ1v) is 21.8. The Hall–Kier alpha value is -6.83. The summed E-state index contributed by atoms with van der Waals surface area (Å²) in [5.41, 5.74) is 2.53. The molecule has 6 aromatic rings. The van der Waals surface area contributed by atoms with Crippen LogP contribution in [0.2, 0.25) is 0 Å². The van der Waals surface area contributed by atoms with Crippen molar-refractivity contribution in [2.24, 2.45) is 5.92 Å². The quantitative estimate of drug-likeness (QED) is 0.267. The number of hydrogen-bond acceptors (Lipinski definition) is 12. The van der Waals surface area contributed by atoms with E-state index in [1.807, 2.05) is 39.5 Å². The van der Waals surface area contributed by atoms with Crippen LogP contribution >= 0.6 is 0 Å². The van der Waals surface area contributed by atoms with E-state index in [0.717, 1.165) is 18.6 Å². The van der Waals surface area contributed by atoms with Crippen LogP contribution in [0.5, 0.6) is 0 Å². The molecule has 336 valence electrons. The number of amides is 3. The zero-order valence-electron chi connectivity index (χ0n) is 36.2. The van der Waals surface area contributed by atoms with E-state index < -0.39 is 35.5 Å². The number of anilines is 3. The molecule has 5 saturated heterocycles. The van der Waals surface area contributed by atoms with Crippen LogP contribution in [0, 0.1) is 30.3 Å². The molecule has 12 rings (SSSR count). The van der Waals surface area contributed by atoms with Crippen molar-refractivity contribution in [3.63, 3.8) is 0 Å². The number of aryl methyl sites for hydroxylation is 1. The molecule has 3 amide bonds. The molecule has 17 nitrogen and oxygen atoms in total. The van der Waals surface area contributed by atoms with E-state index in [0.29, 0.717) is 83.7 Å². The second-order valence-corrected chi connectivity index (χ2v) is 17.9. The Morgan fingerprint density at radius 2 is 1.68 bits per heavy atom. The van der Waals surface area contributed by atoms with Crippen molar-refractivity contribution in [2.45, 2.75) is 63.0 Å². The van der Waals surface area contributed by atoms with Gasteiger partial charge in [-0.05, 0) is 50.1 Å². The van der Waals surface area contributed by atoms with Crippen molar-refractivity contribution in [2.75, 3.05) is 69.0 Å². The lowest BCUT2D eigenvalue weighted by molar-refractivity contribution is -0.138. The Labute approximate surface area is 370 Å². The molecule has 3 unspecified atom stereocenters. The number of ether oxygens (including phenoxy) is 1. The third kappa shape index (κ3) is 6.87. The van der Waals surface area contributed by atoms with Crippen LogP contribution in [0.15, 0.2) is 54.7 Å². The number of pyridine rings is 1. The molecule has 65 heavy (non-hydrogen) atoms. The number of fused-ring (bicyclic) bond motifs is 8. The maximum Gasteiger partial charge on any atom is 0.245 e. The highest BCUT2D eigenvalue weighted by Crippen LogP contribution is 2.41. The van der Waals surface area contributed by atoms with E-state index in [1.54, 1.807) is 31.0 Å². The summed E-state index contributed by atoms with van der Waals surface area (Å²) in [6.07, 6.45) is 2.36. The van der Waals surface area contributed by atoms with E-state index in [4.69, 9.17) is 24.7 Å². The lowest BCUT2D eigenvalue weighted by Gasteiger charge is -2.56. The first-order valence-electron chi connectivity index (χ1n) is 21.8. The highest BCUT2D eigenvalue weighted by Gasteiger charge is 2.50. The second-order valence-electron chi connectivity index (χ2n) is 17.9. The summed E-state index contributed by atoms with van der Waals surface area (Å²) in [4.78, 5) is 69.8. The Kier molecular flexibility index (Phi) is 9.70. The number of nitrogens with zero attached hydrogens (tertiary/aromatic N) is 12.